The summed E-state index contributed by atoms with van der Waals surface area (Å²) >= 11 is 0. The minimum Gasteiger partial charge on any atom is -0.356 e. The third-order valence-corrected chi connectivity index (χ3v) is 5.63. The summed E-state index contributed by atoms with van der Waals surface area (Å²) in [7, 11) is 3.56. The van der Waals surface area contributed by atoms with Gasteiger partial charge in [0.15, 0.2) is 12.1 Å². The van der Waals surface area contributed by atoms with E-state index < -0.39 is 5.79 Å². The smallest absolute Gasteiger partial charge is 0.317 e. The van der Waals surface area contributed by atoms with Crippen molar-refractivity contribution < 1.29 is 19.0 Å². The van der Waals surface area contributed by atoms with Crippen molar-refractivity contribution in [3.63, 3.8) is 0 Å². The molecule has 3 unspecified atom stereocenters. The van der Waals surface area contributed by atoms with Crippen LogP contribution in [0.2, 0.25) is 0 Å². The summed E-state index contributed by atoms with van der Waals surface area (Å²) in [4.78, 5) is 14.7. The van der Waals surface area contributed by atoms with Crippen molar-refractivity contribution >= 4 is 6.03 Å². The molecule has 158 valence electrons. The number of carbonyl (C=O) groups excluding carboxylic acids is 1. The summed E-state index contributed by atoms with van der Waals surface area (Å²) in [5, 5.41) is 6.46. The van der Waals surface area contributed by atoms with Gasteiger partial charge in [0.1, 0.15) is 0 Å². The molecule has 0 spiro atoms. The van der Waals surface area contributed by atoms with E-state index in [-0.39, 0.29) is 18.4 Å². The van der Waals surface area contributed by atoms with Crippen molar-refractivity contribution in [2.75, 3.05) is 40.4 Å². The zero-order valence-electron chi connectivity index (χ0n) is 17.6. The standard InChI is InChI=1S/C20H39N3O4/c1-5-18(25-4)27-20(2)15-23(11-12-26-20)19(24)22-17(14-21-3)13-16-9-7-6-8-10-16/h16-18,21H,5-15H2,1-4H3,(H,22,24). The maximum atomic E-state index is 12.9. The lowest BCUT2D eigenvalue weighted by Gasteiger charge is -2.41. The molecule has 1 saturated carbocycles. The van der Waals surface area contributed by atoms with E-state index in [1.54, 1.807) is 12.0 Å². The molecule has 2 amide bonds. The maximum Gasteiger partial charge on any atom is 0.317 e. The molecule has 2 fully saturated rings. The Labute approximate surface area is 164 Å². The number of rotatable bonds is 9. The normalized spacial score (nSPS) is 26.6. The molecular formula is C20H39N3O4. The second-order valence-corrected chi connectivity index (χ2v) is 8.04. The van der Waals surface area contributed by atoms with Gasteiger partial charge in [-0.2, -0.15) is 0 Å². The Hall–Kier alpha value is -0.890. The van der Waals surface area contributed by atoms with Crippen molar-refractivity contribution in [1.29, 1.82) is 0 Å². The second-order valence-electron chi connectivity index (χ2n) is 8.04. The number of nitrogens with one attached hydrogen (secondary N) is 2. The number of urea groups is 1. The molecule has 27 heavy (non-hydrogen) atoms. The fourth-order valence-corrected chi connectivity index (χ4v) is 4.19. The Balaban J connectivity index is 1.89. The highest BCUT2D eigenvalue weighted by atomic mass is 16.8. The minimum atomic E-state index is -0.839. The lowest BCUT2D eigenvalue weighted by atomic mass is 9.85. The number of carbonyl (C=O) groups is 1. The van der Waals surface area contributed by atoms with Crippen LogP contribution in [-0.2, 0) is 14.2 Å². The highest BCUT2D eigenvalue weighted by Crippen LogP contribution is 2.27. The van der Waals surface area contributed by atoms with Crippen LogP contribution in [0.3, 0.4) is 0 Å². The summed E-state index contributed by atoms with van der Waals surface area (Å²) in [5.41, 5.74) is 0. The van der Waals surface area contributed by atoms with Crippen LogP contribution in [0.4, 0.5) is 4.79 Å². The average Bonchev–Trinajstić information content (AvgIpc) is 2.67. The SMILES string of the molecule is CCC(OC)OC1(C)CN(C(=O)NC(CNC)CC2CCCCC2)CCO1. The number of ether oxygens (including phenoxy) is 3. The number of nitrogens with zero attached hydrogens (tertiary/aromatic N) is 1. The quantitative estimate of drug-likeness (QED) is 0.597. The number of likely N-dealkylation sites (N-methyl/N-ethyl adjacent to an activating group) is 1. The van der Waals surface area contributed by atoms with Crippen LogP contribution in [0.5, 0.6) is 0 Å². The molecule has 0 aromatic carbocycles. The zero-order valence-corrected chi connectivity index (χ0v) is 17.6. The monoisotopic (exact) mass is 385 g/mol. The van der Waals surface area contributed by atoms with Gasteiger partial charge < -0.3 is 29.7 Å². The fourth-order valence-electron chi connectivity index (χ4n) is 4.19. The predicted octanol–water partition coefficient (Wildman–Crippen LogP) is 2.70. The van der Waals surface area contributed by atoms with Gasteiger partial charge in [-0.25, -0.2) is 4.79 Å². The van der Waals surface area contributed by atoms with Gasteiger partial charge >= 0.3 is 6.03 Å². The topological polar surface area (TPSA) is 72.1 Å². The highest BCUT2D eigenvalue weighted by Gasteiger charge is 2.37. The van der Waals surface area contributed by atoms with E-state index in [2.05, 4.69) is 10.6 Å². The number of methoxy groups -OCH3 is 1. The molecule has 0 aromatic rings. The highest BCUT2D eigenvalue weighted by molar-refractivity contribution is 5.74. The van der Waals surface area contributed by atoms with Crippen molar-refractivity contribution in [2.24, 2.45) is 5.92 Å². The molecule has 1 heterocycles. The van der Waals surface area contributed by atoms with Crippen molar-refractivity contribution in [3.05, 3.63) is 0 Å². The van der Waals surface area contributed by atoms with E-state index in [0.717, 1.165) is 25.3 Å². The van der Waals surface area contributed by atoms with E-state index >= 15 is 0 Å². The van der Waals surface area contributed by atoms with E-state index in [1.165, 1.54) is 32.1 Å². The Morgan fingerprint density at radius 2 is 2.07 bits per heavy atom. The first-order chi connectivity index (χ1) is 13.0. The van der Waals surface area contributed by atoms with Crippen LogP contribution in [-0.4, -0.2) is 69.4 Å². The molecule has 1 saturated heterocycles. The molecular weight excluding hydrogens is 346 g/mol. The summed E-state index contributed by atoms with van der Waals surface area (Å²) in [5.74, 6) is -0.114. The second kappa shape index (κ2) is 11.2. The van der Waals surface area contributed by atoms with Crippen LogP contribution in [0.1, 0.15) is 58.8 Å². The number of hydrogen-bond donors (Lipinski definition) is 2. The van der Waals surface area contributed by atoms with Gasteiger partial charge in [0.05, 0.1) is 13.2 Å². The Bertz CT molecular complexity index is 441. The Kier molecular flexibility index (Phi) is 9.29. The molecule has 7 heteroatoms. The van der Waals surface area contributed by atoms with Crippen molar-refractivity contribution in [2.45, 2.75) is 76.9 Å². The molecule has 0 radical (unpaired) electrons. The number of amides is 2. The summed E-state index contributed by atoms with van der Waals surface area (Å²) in [6.45, 7) is 6.10. The first-order valence-electron chi connectivity index (χ1n) is 10.5. The first-order valence-corrected chi connectivity index (χ1v) is 10.5. The number of morpholine rings is 1. The third kappa shape index (κ3) is 7.22. The van der Waals surface area contributed by atoms with Gasteiger partial charge in [-0.05, 0) is 32.7 Å². The van der Waals surface area contributed by atoms with E-state index in [1.807, 2.05) is 20.9 Å². The van der Waals surface area contributed by atoms with Crippen LogP contribution < -0.4 is 10.6 Å². The predicted molar refractivity (Wildman–Crippen MR) is 106 cm³/mol. The Morgan fingerprint density at radius 3 is 2.70 bits per heavy atom. The van der Waals surface area contributed by atoms with E-state index in [9.17, 15) is 4.79 Å². The largest absolute Gasteiger partial charge is 0.356 e. The van der Waals surface area contributed by atoms with Crippen molar-refractivity contribution in [3.8, 4) is 0 Å². The van der Waals surface area contributed by atoms with Crippen LogP contribution in [0.25, 0.3) is 0 Å². The maximum absolute atomic E-state index is 12.9. The lowest BCUT2D eigenvalue weighted by Crippen LogP contribution is -2.58. The van der Waals surface area contributed by atoms with Crippen molar-refractivity contribution in [1.82, 2.24) is 15.5 Å². The van der Waals surface area contributed by atoms with Gasteiger partial charge in [0, 0.05) is 26.2 Å². The first kappa shape index (κ1) is 22.4. The van der Waals surface area contributed by atoms with Gasteiger partial charge in [-0.3, -0.25) is 0 Å². The molecule has 3 atom stereocenters. The molecule has 1 aliphatic heterocycles. The molecule has 7 nitrogen and oxygen atoms in total. The molecule has 0 aromatic heterocycles. The van der Waals surface area contributed by atoms with Crippen LogP contribution in [0.15, 0.2) is 0 Å². The molecule has 2 N–H and O–H groups in total. The van der Waals surface area contributed by atoms with Gasteiger partial charge in [-0.15, -0.1) is 0 Å². The van der Waals surface area contributed by atoms with Crippen LogP contribution in [0, 0.1) is 5.92 Å². The Morgan fingerprint density at radius 1 is 1.33 bits per heavy atom. The summed E-state index contributed by atoms with van der Waals surface area (Å²) < 4.78 is 17.1. The summed E-state index contributed by atoms with van der Waals surface area (Å²) in [6, 6.07) is 0.123. The molecule has 1 aliphatic carbocycles. The van der Waals surface area contributed by atoms with E-state index in [4.69, 9.17) is 14.2 Å². The van der Waals surface area contributed by atoms with Gasteiger partial charge in [0.2, 0.25) is 0 Å². The lowest BCUT2D eigenvalue weighted by molar-refractivity contribution is -0.311. The molecule has 0 bridgehead atoms. The fraction of sp³-hybridized carbons (Fsp3) is 0.950. The molecule has 2 aliphatic rings. The third-order valence-electron chi connectivity index (χ3n) is 5.63. The minimum absolute atomic E-state index is 0.0327. The summed E-state index contributed by atoms with van der Waals surface area (Å²) in [6.07, 6.45) is 8.02. The van der Waals surface area contributed by atoms with Gasteiger partial charge in [-0.1, -0.05) is 39.0 Å². The zero-order chi connectivity index (χ0) is 19.7. The van der Waals surface area contributed by atoms with E-state index in [0.29, 0.717) is 19.7 Å². The molecule has 2 rings (SSSR count). The van der Waals surface area contributed by atoms with Gasteiger partial charge in [0.25, 0.3) is 0 Å². The number of hydrogen-bond acceptors (Lipinski definition) is 5. The van der Waals surface area contributed by atoms with Crippen LogP contribution >= 0.6 is 0 Å². The average molecular weight is 386 g/mol.